The van der Waals surface area contributed by atoms with Gasteiger partial charge in [-0.3, -0.25) is 0 Å². The summed E-state index contributed by atoms with van der Waals surface area (Å²) >= 11 is 1.85. The van der Waals surface area contributed by atoms with Crippen LogP contribution >= 0.6 is 11.3 Å². The molecule has 0 aliphatic carbocycles. The Morgan fingerprint density at radius 2 is 1.08 bits per heavy atom. The van der Waals surface area contributed by atoms with Crippen LogP contribution in [0.1, 0.15) is 0 Å². The minimum absolute atomic E-state index is 0.873. The Labute approximate surface area is 287 Å². The number of anilines is 3. The van der Waals surface area contributed by atoms with Crippen molar-refractivity contribution in [2.45, 2.75) is 0 Å². The van der Waals surface area contributed by atoms with Crippen molar-refractivity contribution in [1.29, 1.82) is 0 Å². The zero-order valence-corrected chi connectivity index (χ0v) is 27.3. The van der Waals surface area contributed by atoms with Crippen molar-refractivity contribution in [3.63, 3.8) is 0 Å². The van der Waals surface area contributed by atoms with E-state index in [9.17, 15) is 0 Å². The third-order valence-corrected chi connectivity index (χ3v) is 10.8. The van der Waals surface area contributed by atoms with Gasteiger partial charge >= 0.3 is 0 Å². The second kappa shape index (κ2) is 11.2. The monoisotopic (exact) mass is 643 g/mol. The smallest absolute Gasteiger partial charge is 0.143 e. The Bertz CT molecular complexity index is 2830. The largest absolute Gasteiger partial charge is 0.455 e. The van der Waals surface area contributed by atoms with E-state index in [1.807, 2.05) is 11.3 Å². The van der Waals surface area contributed by atoms with Gasteiger partial charge in [-0.1, -0.05) is 127 Å². The molecule has 0 atom stereocenters. The summed E-state index contributed by atoms with van der Waals surface area (Å²) in [4.78, 5) is 2.48. The predicted molar refractivity (Wildman–Crippen MR) is 210 cm³/mol. The van der Waals surface area contributed by atoms with Crippen molar-refractivity contribution in [3.8, 4) is 22.3 Å². The molecule has 10 aromatic rings. The molecule has 0 spiro atoms. The maximum Gasteiger partial charge on any atom is 0.143 e. The first kappa shape index (κ1) is 27.9. The zero-order chi connectivity index (χ0) is 32.3. The fourth-order valence-corrected chi connectivity index (χ4v) is 8.57. The molecule has 8 aromatic carbocycles. The number of furan rings is 1. The van der Waals surface area contributed by atoms with Crippen molar-refractivity contribution < 1.29 is 4.42 Å². The van der Waals surface area contributed by atoms with Crippen molar-refractivity contribution in [2.75, 3.05) is 4.90 Å². The molecule has 3 heteroatoms. The maximum absolute atomic E-state index is 6.74. The lowest BCUT2D eigenvalue weighted by atomic mass is 9.95. The second-order valence-corrected chi connectivity index (χ2v) is 13.5. The summed E-state index contributed by atoms with van der Waals surface area (Å²) in [6, 6.07) is 63.2. The highest BCUT2D eigenvalue weighted by atomic mass is 32.1. The first-order chi connectivity index (χ1) is 24.3. The van der Waals surface area contributed by atoms with Crippen LogP contribution in [0.2, 0.25) is 0 Å². The molecule has 0 N–H and O–H groups in total. The van der Waals surface area contributed by atoms with Crippen LogP contribution in [0.4, 0.5) is 17.1 Å². The summed E-state index contributed by atoms with van der Waals surface area (Å²) < 4.78 is 9.29. The molecule has 0 saturated heterocycles. The van der Waals surface area contributed by atoms with Crippen LogP contribution in [0.5, 0.6) is 0 Å². The van der Waals surface area contributed by atoms with Crippen molar-refractivity contribution >= 4 is 81.3 Å². The summed E-state index contributed by atoms with van der Waals surface area (Å²) in [5.74, 6) is 0. The molecule has 0 radical (unpaired) electrons. The van der Waals surface area contributed by atoms with E-state index < -0.39 is 0 Å². The highest BCUT2D eigenvalue weighted by Gasteiger charge is 2.25. The second-order valence-electron chi connectivity index (χ2n) is 12.5. The van der Waals surface area contributed by atoms with Crippen LogP contribution in [0.25, 0.3) is 75.1 Å². The number of benzene rings is 8. The van der Waals surface area contributed by atoms with Crippen LogP contribution in [0, 0.1) is 0 Å². The summed E-state index contributed by atoms with van der Waals surface area (Å²) in [6.45, 7) is 0. The van der Waals surface area contributed by atoms with Gasteiger partial charge < -0.3 is 9.32 Å². The van der Waals surface area contributed by atoms with Gasteiger partial charge in [0, 0.05) is 36.5 Å². The SMILES string of the molecule is c1ccc(-c2ccc(N(c3cccc4oc5c6ccccc6ccc5c34)c3cccc4sc5ccccc5c34)c(-c3ccccc3)c2)cc1. The highest BCUT2D eigenvalue weighted by molar-refractivity contribution is 7.26. The molecule has 0 aliphatic rings. The normalized spacial score (nSPS) is 11.7. The Kier molecular flexibility index (Phi) is 6.39. The lowest BCUT2D eigenvalue weighted by Crippen LogP contribution is -2.12. The summed E-state index contributed by atoms with van der Waals surface area (Å²) in [6.07, 6.45) is 0. The van der Waals surface area contributed by atoms with E-state index in [0.29, 0.717) is 0 Å². The predicted octanol–water partition coefficient (Wildman–Crippen LogP) is 13.9. The fraction of sp³-hybridized carbons (Fsp3) is 0. The first-order valence-corrected chi connectivity index (χ1v) is 17.4. The van der Waals surface area contributed by atoms with Gasteiger partial charge in [0.05, 0.1) is 22.4 Å². The quantitative estimate of drug-likeness (QED) is 0.186. The van der Waals surface area contributed by atoms with Gasteiger partial charge in [0.1, 0.15) is 11.2 Å². The molecule has 0 saturated carbocycles. The van der Waals surface area contributed by atoms with Crippen LogP contribution < -0.4 is 4.90 Å². The molecular formula is C46H29NOS. The zero-order valence-electron chi connectivity index (χ0n) is 26.5. The maximum atomic E-state index is 6.74. The molecule has 230 valence electrons. The van der Waals surface area contributed by atoms with Gasteiger partial charge in [-0.15, -0.1) is 11.3 Å². The molecule has 0 fully saturated rings. The fourth-order valence-electron chi connectivity index (χ4n) is 7.44. The van der Waals surface area contributed by atoms with Gasteiger partial charge in [0.15, 0.2) is 0 Å². The molecule has 0 amide bonds. The summed E-state index contributed by atoms with van der Waals surface area (Å²) in [5, 5.41) is 7.02. The van der Waals surface area contributed by atoms with E-state index in [-0.39, 0.29) is 0 Å². The number of hydrogen-bond donors (Lipinski definition) is 0. The van der Waals surface area contributed by atoms with Crippen molar-refractivity contribution in [3.05, 3.63) is 176 Å². The van der Waals surface area contributed by atoms with E-state index in [4.69, 9.17) is 4.42 Å². The van der Waals surface area contributed by atoms with Crippen LogP contribution in [0.3, 0.4) is 0 Å². The van der Waals surface area contributed by atoms with E-state index in [0.717, 1.165) is 55.5 Å². The molecule has 2 aromatic heterocycles. The van der Waals surface area contributed by atoms with E-state index in [1.165, 1.54) is 36.7 Å². The van der Waals surface area contributed by atoms with E-state index >= 15 is 0 Å². The topological polar surface area (TPSA) is 16.4 Å². The molecular weight excluding hydrogens is 615 g/mol. The number of nitrogens with zero attached hydrogens (tertiary/aromatic N) is 1. The van der Waals surface area contributed by atoms with E-state index in [1.54, 1.807) is 0 Å². The Morgan fingerprint density at radius 1 is 0.408 bits per heavy atom. The van der Waals surface area contributed by atoms with Gasteiger partial charge in [-0.25, -0.2) is 0 Å². The number of rotatable bonds is 5. The molecule has 2 heterocycles. The third kappa shape index (κ3) is 4.47. The van der Waals surface area contributed by atoms with Crippen LogP contribution in [-0.2, 0) is 0 Å². The minimum atomic E-state index is 0.873. The first-order valence-electron chi connectivity index (χ1n) is 16.6. The van der Waals surface area contributed by atoms with Crippen molar-refractivity contribution in [1.82, 2.24) is 0 Å². The summed E-state index contributed by atoms with van der Waals surface area (Å²) in [5.41, 5.74) is 9.82. The Hall–Kier alpha value is -6.16. The van der Waals surface area contributed by atoms with Crippen LogP contribution in [-0.4, -0.2) is 0 Å². The lowest BCUT2D eigenvalue weighted by Gasteiger charge is -2.30. The molecule has 10 rings (SSSR count). The van der Waals surface area contributed by atoms with E-state index in [2.05, 4.69) is 181 Å². The Morgan fingerprint density at radius 3 is 1.92 bits per heavy atom. The van der Waals surface area contributed by atoms with Gasteiger partial charge in [0.2, 0.25) is 0 Å². The standard InChI is InChI=1S/C46H29NOS/c1-3-13-30(14-4-1)33-26-28-38(37(29-33)31-15-5-2-6-16-31)47(40-21-12-24-43-45(40)35-19-9-10-23-42(35)49-43)39-20-11-22-41-44(39)36-27-25-32-17-7-8-18-34(32)46(36)48-41/h1-29H. The minimum Gasteiger partial charge on any atom is -0.455 e. The number of thiophene rings is 1. The molecule has 2 nitrogen and oxygen atoms in total. The lowest BCUT2D eigenvalue weighted by molar-refractivity contribution is 0.672. The average molecular weight is 644 g/mol. The van der Waals surface area contributed by atoms with Gasteiger partial charge in [0.25, 0.3) is 0 Å². The third-order valence-electron chi connectivity index (χ3n) is 9.66. The molecule has 0 aliphatic heterocycles. The molecule has 0 unspecified atom stereocenters. The number of hydrogen-bond acceptors (Lipinski definition) is 3. The number of fused-ring (bicyclic) bond motifs is 8. The molecule has 49 heavy (non-hydrogen) atoms. The van der Waals surface area contributed by atoms with Gasteiger partial charge in [-0.05, 0) is 70.6 Å². The molecule has 0 bridgehead atoms. The summed E-state index contributed by atoms with van der Waals surface area (Å²) in [7, 11) is 0. The van der Waals surface area contributed by atoms with Crippen LogP contribution in [0.15, 0.2) is 180 Å². The van der Waals surface area contributed by atoms with Gasteiger partial charge in [-0.2, -0.15) is 0 Å². The highest BCUT2D eigenvalue weighted by Crippen LogP contribution is 2.51. The van der Waals surface area contributed by atoms with Crippen molar-refractivity contribution in [2.24, 2.45) is 0 Å². The average Bonchev–Trinajstić information content (AvgIpc) is 3.75. The Balaban J connectivity index is 1.34.